The van der Waals surface area contributed by atoms with E-state index >= 15 is 0 Å². The van der Waals surface area contributed by atoms with Gasteiger partial charge in [-0.1, -0.05) is 43.2 Å². The summed E-state index contributed by atoms with van der Waals surface area (Å²) in [6.45, 7) is -0.487. The minimum absolute atomic E-state index is 0.140. The second-order valence-electron chi connectivity index (χ2n) is 6.92. The lowest BCUT2D eigenvalue weighted by Crippen LogP contribution is -2.36. The number of amides is 1. The number of nitro groups is 1. The Morgan fingerprint density at radius 3 is 2.45 bits per heavy atom. The van der Waals surface area contributed by atoms with Crippen molar-refractivity contribution in [2.24, 2.45) is 0 Å². The van der Waals surface area contributed by atoms with Crippen molar-refractivity contribution in [3.8, 4) is 5.75 Å². The highest BCUT2D eigenvalue weighted by atomic mass is 16.6. The maximum atomic E-state index is 12.9. The fourth-order valence-electron chi connectivity index (χ4n) is 3.71. The highest BCUT2D eigenvalue weighted by molar-refractivity contribution is 5.95. The molecule has 1 aliphatic carbocycles. The van der Waals surface area contributed by atoms with Gasteiger partial charge >= 0.3 is 5.97 Å². The highest BCUT2D eigenvalue weighted by Crippen LogP contribution is 2.42. The predicted octanol–water partition coefficient (Wildman–Crippen LogP) is 3.60. The van der Waals surface area contributed by atoms with Gasteiger partial charge in [-0.25, -0.2) is 0 Å². The number of hydrogen-bond acceptors (Lipinski definition) is 6. The summed E-state index contributed by atoms with van der Waals surface area (Å²) < 4.78 is 10.5. The molecule has 2 aromatic carbocycles. The Morgan fingerprint density at radius 2 is 1.83 bits per heavy atom. The van der Waals surface area contributed by atoms with E-state index in [0.717, 1.165) is 18.4 Å². The molecule has 2 aromatic rings. The third-order valence-corrected chi connectivity index (χ3v) is 5.18. The number of methoxy groups -OCH3 is 1. The smallest absolute Gasteiger partial charge is 0.317 e. The van der Waals surface area contributed by atoms with Crippen molar-refractivity contribution < 1.29 is 24.0 Å². The van der Waals surface area contributed by atoms with Gasteiger partial charge in [0.05, 0.1) is 23.1 Å². The summed E-state index contributed by atoms with van der Waals surface area (Å²) in [5.41, 5.74) is 0.113. The number of carbonyl (C=O) groups is 2. The molecule has 1 fully saturated rings. The average molecular weight is 398 g/mol. The van der Waals surface area contributed by atoms with E-state index < -0.39 is 28.8 Å². The maximum absolute atomic E-state index is 12.9. The molecule has 152 valence electrons. The standard InChI is InChI=1S/C21H22N2O6/c1-28-18-10-9-16(23(26)27)13-17(18)22-19(24)14-29-20(25)21(11-5-6-12-21)15-7-3-2-4-8-15/h2-4,7-10,13H,5-6,11-12,14H2,1H3,(H,22,24). The van der Waals surface area contributed by atoms with E-state index in [1.807, 2.05) is 30.3 Å². The normalized spacial score (nSPS) is 14.8. The van der Waals surface area contributed by atoms with Gasteiger partial charge in [0.2, 0.25) is 0 Å². The minimum Gasteiger partial charge on any atom is -0.495 e. The molecule has 8 heteroatoms. The Bertz CT molecular complexity index is 907. The Hall–Kier alpha value is -3.42. The fourth-order valence-corrected chi connectivity index (χ4v) is 3.71. The van der Waals surface area contributed by atoms with Crippen LogP contribution in [-0.2, 0) is 19.7 Å². The number of anilines is 1. The topological polar surface area (TPSA) is 108 Å². The highest BCUT2D eigenvalue weighted by Gasteiger charge is 2.44. The largest absolute Gasteiger partial charge is 0.495 e. The molecule has 0 aromatic heterocycles. The molecule has 1 amide bonds. The first kappa shape index (κ1) is 20.3. The Morgan fingerprint density at radius 1 is 1.14 bits per heavy atom. The van der Waals surface area contributed by atoms with Gasteiger partial charge in [0.1, 0.15) is 5.75 Å². The number of nitrogens with zero attached hydrogens (tertiary/aromatic N) is 1. The van der Waals surface area contributed by atoms with Crippen molar-refractivity contribution in [2.45, 2.75) is 31.1 Å². The summed E-state index contributed by atoms with van der Waals surface area (Å²) in [5, 5.41) is 13.5. The van der Waals surface area contributed by atoms with Crippen molar-refractivity contribution in [3.63, 3.8) is 0 Å². The van der Waals surface area contributed by atoms with Gasteiger partial charge in [-0.05, 0) is 24.5 Å². The van der Waals surface area contributed by atoms with Gasteiger partial charge in [0.15, 0.2) is 6.61 Å². The lowest BCUT2D eigenvalue weighted by Gasteiger charge is -2.27. The first-order valence-corrected chi connectivity index (χ1v) is 9.31. The lowest BCUT2D eigenvalue weighted by atomic mass is 9.79. The van der Waals surface area contributed by atoms with Crippen LogP contribution in [0.1, 0.15) is 31.2 Å². The van der Waals surface area contributed by atoms with Crippen LogP contribution in [0.25, 0.3) is 0 Å². The molecule has 0 saturated heterocycles. The first-order valence-electron chi connectivity index (χ1n) is 9.31. The molecular formula is C21H22N2O6. The van der Waals surface area contributed by atoms with Crippen LogP contribution >= 0.6 is 0 Å². The van der Waals surface area contributed by atoms with Crippen LogP contribution in [0.3, 0.4) is 0 Å². The Kier molecular flexibility index (Phi) is 6.11. The monoisotopic (exact) mass is 398 g/mol. The van der Waals surface area contributed by atoms with E-state index in [1.54, 1.807) is 0 Å². The number of hydrogen-bond donors (Lipinski definition) is 1. The zero-order valence-electron chi connectivity index (χ0n) is 16.1. The molecule has 0 heterocycles. The summed E-state index contributed by atoms with van der Waals surface area (Å²) in [4.78, 5) is 35.6. The van der Waals surface area contributed by atoms with E-state index in [2.05, 4.69) is 5.32 Å². The molecule has 29 heavy (non-hydrogen) atoms. The van der Waals surface area contributed by atoms with Crippen molar-refractivity contribution in [1.82, 2.24) is 0 Å². The second kappa shape index (κ2) is 8.72. The summed E-state index contributed by atoms with van der Waals surface area (Å²) in [5.74, 6) is -0.757. The van der Waals surface area contributed by atoms with Crippen molar-refractivity contribution >= 4 is 23.3 Å². The Labute approximate surface area is 168 Å². The van der Waals surface area contributed by atoms with Crippen LogP contribution in [0.4, 0.5) is 11.4 Å². The summed E-state index contributed by atoms with van der Waals surface area (Å²) >= 11 is 0. The molecule has 3 rings (SSSR count). The zero-order valence-corrected chi connectivity index (χ0v) is 16.1. The predicted molar refractivity (Wildman–Crippen MR) is 106 cm³/mol. The summed E-state index contributed by atoms with van der Waals surface area (Å²) in [7, 11) is 1.39. The molecule has 0 aliphatic heterocycles. The van der Waals surface area contributed by atoms with E-state index in [9.17, 15) is 19.7 Å². The third kappa shape index (κ3) is 4.37. The van der Waals surface area contributed by atoms with E-state index in [4.69, 9.17) is 9.47 Å². The van der Waals surface area contributed by atoms with E-state index in [-0.39, 0.29) is 17.1 Å². The van der Waals surface area contributed by atoms with E-state index in [1.165, 1.54) is 25.3 Å². The van der Waals surface area contributed by atoms with Gasteiger partial charge in [0.25, 0.3) is 11.6 Å². The molecule has 0 radical (unpaired) electrons. The van der Waals surface area contributed by atoms with E-state index in [0.29, 0.717) is 12.8 Å². The van der Waals surface area contributed by atoms with Crippen molar-refractivity contribution in [1.29, 1.82) is 0 Å². The fraction of sp³-hybridized carbons (Fsp3) is 0.333. The maximum Gasteiger partial charge on any atom is 0.317 e. The van der Waals surface area contributed by atoms with Crippen LogP contribution in [0, 0.1) is 10.1 Å². The zero-order chi connectivity index (χ0) is 20.9. The quantitative estimate of drug-likeness (QED) is 0.434. The van der Waals surface area contributed by atoms with Gasteiger partial charge in [-0.3, -0.25) is 19.7 Å². The molecule has 1 aliphatic rings. The number of nitrogens with one attached hydrogen (secondary N) is 1. The summed E-state index contributed by atoms with van der Waals surface area (Å²) in [6.07, 6.45) is 3.19. The van der Waals surface area contributed by atoms with Gasteiger partial charge in [-0.15, -0.1) is 0 Å². The van der Waals surface area contributed by atoms with Crippen LogP contribution < -0.4 is 10.1 Å². The molecular weight excluding hydrogens is 376 g/mol. The minimum atomic E-state index is -0.731. The van der Waals surface area contributed by atoms with Crippen LogP contribution in [0.15, 0.2) is 48.5 Å². The number of rotatable bonds is 7. The molecule has 1 saturated carbocycles. The number of benzene rings is 2. The number of nitro benzene ring substituents is 1. The number of non-ortho nitro benzene ring substituents is 1. The molecule has 8 nitrogen and oxygen atoms in total. The number of esters is 1. The second-order valence-corrected chi connectivity index (χ2v) is 6.92. The van der Waals surface area contributed by atoms with Gasteiger partial charge in [-0.2, -0.15) is 0 Å². The van der Waals surface area contributed by atoms with Crippen LogP contribution in [0.5, 0.6) is 5.75 Å². The molecule has 0 unspecified atom stereocenters. The van der Waals surface area contributed by atoms with Crippen molar-refractivity contribution in [2.75, 3.05) is 19.0 Å². The molecule has 0 spiro atoms. The van der Waals surface area contributed by atoms with Crippen molar-refractivity contribution in [3.05, 3.63) is 64.2 Å². The van der Waals surface area contributed by atoms with Crippen LogP contribution in [0.2, 0.25) is 0 Å². The first-order chi connectivity index (χ1) is 14.0. The SMILES string of the molecule is COc1ccc([N+](=O)[O-])cc1NC(=O)COC(=O)C1(c2ccccc2)CCCC1. The molecule has 0 bridgehead atoms. The Balaban J connectivity index is 1.68. The number of carbonyl (C=O) groups excluding carboxylic acids is 2. The van der Waals surface area contributed by atoms with Crippen LogP contribution in [-0.4, -0.2) is 30.5 Å². The third-order valence-electron chi connectivity index (χ3n) is 5.18. The van der Waals surface area contributed by atoms with Gasteiger partial charge < -0.3 is 14.8 Å². The summed E-state index contributed by atoms with van der Waals surface area (Å²) in [6, 6.07) is 13.3. The average Bonchev–Trinajstić information content (AvgIpc) is 3.24. The number of ether oxygens (including phenoxy) is 2. The molecule has 0 atom stereocenters. The molecule has 1 N–H and O–H groups in total. The van der Waals surface area contributed by atoms with Gasteiger partial charge in [0, 0.05) is 12.1 Å². The lowest BCUT2D eigenvalue weighted by molar-refractivity contribution is -0.384.